The molecule has 11 heteroatoms. The van der Waals surface area contributed by atoms with Crippen molar-refractivity contribution in [2.24, 2.45) is 11.8 Å². The zero-order valence-corrected chi connectivity index (χ0v) is 31.6. The largest absolute Gasteiger partial charge is 0.455 e. The number of unbranched alkanes of at least 4 members (excludes halogenated alkanes) is 1. The van der Waals surface area contributed by atoms with Crippen LogP contribution in [0, 0.1) is 25.7 Å². The number of aryl methyl sites for hydroxylation is 2. The van der Waals surface area contributed by atoms with Crippen molar-refractivity contribution < 1.29 is 33.8 Å². The molecule has 2 bridgehead atoms. The number of rotatable bonds is 16. The standard InChI is InChI=1S/C40H50BrN3O7/c1-7-9-17-31(46)42(6)27(5)34(28-15-11-10-12-16-28)50-39(49)32-33-37(47)44(21-13-14-22-45)36(40(33)24-29(41)35(32)51-40)38(48)43(20-8-2)30-23-25(3)18-19-26(30)4/h7-8,10-12,15-16,18-19,23,27,29,32-36,45H,1-2,9,13-14,17,20-22,24H2,3-6H3/t27-,29?,32+,33-,34+,35+,36+,40-/m0/s1. The van der Waals surface area contributed by atoms with E-state index in [0.717, 1.165) is 11.1 Å². The molecular weight excluding hydrogens is 714 g/mol. The van der Waals surface area contributed by atoms with E-state index in [0.29, 0.717) is 36.9 Å². The van der Waals surface area contributed by atoms with Crippen molar-refractivity contribution in [3.8, 4) is 0 Å². The Hall–Kier alpha value is -3.80. The van der Waals surface area contributed by atoms with E-state index in [1.54, 1.807) is 33.9 Å². The first-order valence-corrected chi connectivity index (χ1v) is 18.7. The summed E-state index contributed by atoms with van der Waals surface area (Å²) in [5, 5.41) is 9.59. The maximum Gasteiger partial charge on any atom is 0.313 e. The van der Waals surface area contributed by atoms with Crippen molar-refractivity contribution in [3.05, 3.63) is 90.5 Å². The number of aliphatic hydroxyl groups is 1. The average Bonchev–Trinajstić information content (AvgIpc) is 3.72. The molecule has 3 aliphatic heterocycles. The van der Waals surface area contributed by atoms with Crippen molar-refractivity contribution in [1.29, 1.82) is 0 Å². The van der Waals surface area contributed by atoms with Gasteiger partial charge in [0, 0.05) is 43.7 Å². The van der Waals surface area contributed by atoms with Gasteiger partial charge in [0.2, 0.25) is 11.8 Å². The summed E-state index contributed by atoms with van der Waals surface area (Å²) in [5.74, 6) is -3.33. The molecule has 8 atom stereocenters. The third kappa shape index (κ3) is 7.30. The van der Waals surface area contributed by atoms with Gasteiger partial charge in [0.25, 0.3) is 5.91 Å². The molecule has 0 radical (unpaired) electrons. The molecule has 1 unspecified atom stereocenters. The highest BCUT2D eigenvalue weighted by Crippen LogP contribution is 2.60. The number of likely N-dealkylation sites (tertiary alicyclic amines) is 1. The second-order valence-corrected chi connectivity index (χ2v) is 15.2. The number of hydrogen-bond acceptors (Lipinski definition) is 7. The number of carbonyl (C=O) groups excluding carboxylic acids is 4. The predicted molar refractivity (Wildman–Crippen MR) is 199 cm³/mol. The lowest BCUT2D eigenvalue weighted by atomic mass is 9.70. The molecule has 2 aromatic rings. The van der Waals surface area contributed by atoms with Gasteiger partial charge < -0.3 is 29.3 Å². The van der Waals surface area contributed by atoms with Crippen molar-refractivity contribution >= 4 is 45.3 Å². The zero-order chi connectivity index (χ0) is 37.0. The Kier molecular flexibility index (Phi) is 12.2. The van der Waals surface area contributed by atoms with E-state index >= 15 is 0 Å². The van der Waals surface area contributed by atoms with Gasteiger partial charge in [0.15, 0.2) is 0 Å². The van der Waals surface area contributed by atoms with Crippen molar-refractivity contribution in [2.45, 2.75) is 87.6 Å². The van der Waals surface area contributed by atoms with Crippen LogP contribution in [0.1, 0.15) is 61.8 Å². The number of esters is 1. The van der Waals surface area contributed by atoms with Gasteiger partial charge in [-0.3, -0.25) is 19.2 Å². The number of aliphatic hydroxyl groups excluding tert-OH is 1. The normalized spacial score (nSPS) is 26.0. The van der Waals surface area contributed by atoms with Crippen LogP contribution in [-0.4, -0.2) is 94.0 Å². The highest BCUT2D eigenvalue weighted by molar-refractivity contribution is 9.09. The van der Waals surface area contributed by atoms with Crippen LogP contribution in [-0.2, 0) is 28.7 Å². The van der Waals surface area contributed by atoms with Crippen molar-refractivity contribution in [2.75, 3.05) is 31.6 Å². The molecule has 3 fully saturated rings. The van der Waals surface area contributed by atoms with Crippen LogP contribution < -0.4 is 4.90 Å². The molecule has 2 aromatic carbocycles. The fraction of sp³-hybridized carbons (Fsp3) is 0.500. The van der Waals surface area contributed by atoms with Crippen LogP contribution in [0.4, 0.5) is 5.69 Å². The number of ether oxygens (including phenoxy) is 2. The number of hydrogen-bond donors (Lipinski definition) is 1. The minimum absolute atomic E-state index is 0.0547. The first kappa shape index (κ1) is 38.4. The summed E-state index contributed by atoms with van der Waals surface area (Å²) in [5.41, 5.74) is 2.01. The molecule has 51 heavy (non-hydrogen) atoms. The molecule has 0 aromatic heterocycles. The third-order valence-electron chi connectivity index (χ3n) is 10.7. The molecule has 0 aliphatic carbocycles. The number of fused-ring (bicyclic) bond motifs is 1. The SMILES string of the molecule is C=CCCC(=O)N(C)[C@@H](C)[C@@H](OC(=O)[C@H]1[C@@H]2O[C@@]3(CC2Br)[C@@H]1C(=O)N(CCCCO)[C@@H]3C(=O)N(CC=C)c1cc(C)ccc1C)c1ccccc1. The summed E-state index contributed by atoms with van der Waals surface area (Å²) in [6, 6.07) is 13.6. The van der Waals surface area contributed by atoms with Gasteiger partial charge >= 0.3 is 5.97 Å². The van der Waals surface area contributed by atoms with Crippen LogP contribution in [0.25, 0.3) is 0 Å². The smallest absolute Gasteiger partial charge is 0.313 e. The van der Waals surface area contributed by atoms with E-state index in [2.05, 4.69) is 29.1 Å². The summed E-state index contributed by atoms with van der Waals surface area (Å²) in [7, 11) is 1.69. The van der Waals surface area contributed by atoms with Crippen LogP contribution in [0.2, 0.25) is 0 Å². The fourth-order valence-electron chi connectivity index (χ4n) is 8.03. The molecule has 1 spiro atoms. The summed E-state index contributed by atoms with van der Waals surface area (Å²) in [6.07, 6.45) is 3.86. The number of allylic oxidation sites excluding steroid dienone is 1. The van der Waals surface area contributed by atoms with Crippen molar-refractivity contribution in [1.82, 2.24) is 9.80 Å². The number of benzene rings is 2. The fourth-order valence-corrected chi connectivity index (χ4v) is 8.97. The number of alkyl halides is 1. The first-order valence-electron chi connectivity index (χ1n) is 17.8. The van der Waals surface area contributed by atoms with E-state index in [4.69, 9.17) is 9.47 Å². The molecule has 3 saturated heterocycles. The number of carbonyl (C=O) groups is 4. The average molecular weight is 765 g/mol. The summed E-state index contributed by atoms with van der Waals surface area (Å²) in [6.45, 7) is 13.7. The highest BCUT2D eigenvalue weighted by atomic mass is 79.9. The number of nitrogens with zero attached hydrogens (tertiary/aromatic N) is 3. The van der Waals surface area contributed by atoms with Gasteiger partial charge in [0.1, 0.15) is 17.7 Å². The van der Waals surface area contributed by atoms with Gasteiger partial charge in [-0.15, -0.1) is 13.2 Å². The Morgan fingerprint density at radius 1 is 1.14 bits per heavy atom. The summed E-state index contributed by atoms with van der Waals surface area (Å²) < 4.78 is 13.1. The van der Waals surface area contributed by atoms with E-state index < -0.39 is 47.7 Å². The Balaban J connectivity index is 1.53. The molecule has 1 N–H and O–H groups in total. The summed E-state index contributed by atoms with van der Waals surface area (Å²) >= 11 is 3.76. The van der Waals surface area contributed by atoms with Crippen molar-refractivity contribution in [3.63, 3.8) is 0 Å². The van der Waals surface area contributed by atoms with E-state index in [1.165, 1.54) is 0 Å². The van der Waals surface area contributed by atoms with E-state index in [9.17, 15) is 24.3 Å². The Morgan fingerprint density at radius 2 is 1.86 bits per heavy atom. The van der Waals surface area contributed by atoms with Gasteiger partial charge in [-0.2, -0.15) is 0 Å². The Morgan fingerprint density at radius 3 is 2.53 bits per heavy atom. The Labute approximate surface area is 309 Å². The lowest BCUT2D eigenvalue weighted by molar-refractivity contribution is -0.164. The van der Waals surface area contributed by atoms with Gasteiger partial charge in [-0.25, -0.2) is 0 Å². The maximum atomic E-state index is 14.9. The minimum atomic E-state index is -1.29. The highest BCUT2D eigenvalue weighted by Gasteiger charge is 2.77. The quantitative estimate of drug-likeness (QED) is 0.105. The van der Waals surface area contributed by atoms with Crippen LogP contribution in [0.3, 0.4) is 0 Å². The lowest BCUT2D eigenvalue weighted by Crippen LogP contribution is -2.57. The van der Waals surface area contributed by atoms with Gasteiger partial charge in [0.05, 0.1) is 24.0 Å². The predicted octanol–water partition coefficient (Wildman–Crippen LogP) is 5.44. The maximum absolute atomic E-state index is 14.9. The van der Waals surface area contributed by atoms with Crippen LogP contribution in [0.15, 0.2) is 73.8 Å². The molecule has 3 heterocycles. The lowest BCUT2D eigenvalue weighted by Gasteiger charge is -2.37. The molecule has 5 rings (SSSR count). The topological polar surface area (TPSA) is 117 Å². The Bertz CT molecular complexity index is 1630. The molecular formula is C40H50BrN3O7. The minimum Gasteiger partial charge on any atom is -0.455 e. The molecule has 274 valence electrons. The second-order valence-electron chi connectivity index (χ2n) is 14.0. The van der Waals surface area contributed by atoms with Gasteiger partial charge in [-0.1, -0.05) is 70.5 Å². The molecule has 0 saturated carbocycles. The second kappa shape index (κ2) is 16.3. The number of anilines is 1. The monoisotopic (exact) mass is 763 g/mol. The van der Waals surface area contributed by atoms with Gasteiger partial charge in [-0.05, 0) is 69.2 Å². The zero-order valence-electron chi connectivity index (χ0n) is 30.0. The third-order valence-corrected chi connectivity index (χ3v) is 11.6. The van der Waals surface area contributed by atoms with Crippen LogP contribution >= 0.6 is 15.9 Å². The first-order chi connectivity index (χ1) is 24.4. The molecule has 3 aliphatic rings. The van der Waals surface area contributed by atoms with E-state index in [1.807, 2.05) is 69.3 Å². The van der Waals surface area contributed by atoms with E-state index in [-0.39, 0.29) is 48.7 Å². The van der Waals surface area contributed by atoms with Crippen LogP contribution in [0.5, 0.6) is 0 Å². The molecule has 3 amide bonds. The molecule has 10 nitrogen and oxygen atoms in total. The number of amides is 3. The number of halogens is 1. The number of likely N-dealkylation sites (N-methyl/N-ethyl adjacent to an activating group) is 1. The summed E-state index contributed by atoms with van der Waals surface area (Å²) in [4.78, 5) is 61.7.